The largest absolute Gasteiger partial charge is 0.348 e. The summed E-state index contributed by atoms with van der Waals surface area (Å²) in [4.78, 5) is 14.0. The first-order chi connectivity index (χ1) is 11.7. The number of carbonyl (C=O) groups excluding carboxylic acids is 1. The summed E-state index contributed by atoms with van der Waals surface area (Å²) in [5.74, 6) is -0.439. The molecular formula is C16H14FN5OS. The van der Waals surface area contributed by atoms with Crippen LogP contribution >= 0.6 is 11.3 Å². The second-order valence-electron chi connectivity index (χ2n) is 5.60. The summed E-state index contributed by atoms with van der Waals surface area (Å²) in [5, 5.41) is 14.9. The Morgan fingerprint density at radius 1 is 1.29 bits per heavy atom. The molecule has 0 saturated carbocycles. The summed E-state index contributed by atoms with van der Waals surface area (Å²) in [6.07, 6.45) is 4.45. The van der Waals surface area contributed by atoms with Gasteiger partial charge in [-0.05, 0) is 52.9 Å². The molecule has 0 saturated heterocycles. The van der Waals surface area contributed by atoms with E-state index < -0.39 is 0 Å². The zero-order chi connectivity index (χ0) is 16.5. The predicted molar refractivity (Wildman–Crippen MR) is 86.6 cm³/mol. The Hall–Kier alpha value is -2.61. The van der Waals surface area contributed by atoms with E-state index in [1.807, 2.05) is 0 Å². The van der Waals surface area contributed by atoms with Crippen LogP contribution in [-0.2, 0) is 19.4 Å². The van der Waals surface area contributed by atoms with E-state index in [0.717, 1.165) is 35.4 Å². The highest BCUT2D eigenvalue weighted by Gasteiger charge is 2.27. The predicted octanol–water partition coefficient (Wildman–Crippen LogP) is 2.28. The van der Waals surface area contributed by atoms with Gasteiger partial charge >= 0.3 is 0 Å². The molecule has 1 aromatic carbocycles. The molecular weight excluding hydrogens is 329 g/mol. The Bertz CT molecular complexity index is 873. The van der Waals surface area contributed by atoms with Crippen LogP contribution in [0.2, 0.25) is 0 Å². The number of benzene rings is 1. The minimum Gasteiger partial charge on any atom is -0.348 e. The van der Waals surface area contributed by atoms with Gasteiger partial charge in [0.1, 0.15) is 17.1 Å². The molecule has 0 atom stereocenters. The lowest BCUT2D eigenvalue weighted by atomic mass is 10.1. The zero-order valence-corrected chi connectivity index (χ0v) is 13.5. The molecule has 6 nitrogen and oxygen atoms in total. The molecule has 24 heavy (non-hydrogen) atoms. The number of carbonyl (C=O) groups is 1. The van der Waals surface area contributed by atoms with E-state index in [2.05, 4.69) is 20.8 Å². The maximum Gasteiger partial charge on any atom is 0.254 e. The van der Waals surface area contributed by atoms with Crippen molar-refractivity contribution in [1.82, 2.24) is 25.5 Å². The van der Waals surface area contributed by atoms with Gasteiger partial charge in [-0.15, -0.1) is 16.4 Å². The van der Waals surface area contributed by atoms with Gasteiger partial charge in [0.15, 0.2) is 0 Å². The van der Waals surface area contributed by atoms with E-state index >= 15 is 0 Å². The van der Waals surface area contributed by atoms with Gasteiger partial charge in [-0.3, -0.25) is 4.79 Å². The number of rotatable bonds is 4. The van der Waals surface area contributed by atoms with E-state index in [0.29, 0.717) is 12.1 Å². The fourth-order valence-electron chi connectivity index (χ4n) is 2.91. The summed E-state index contributed by atoms with van der Waals surface area (Å²) in [6, 6.07) is 6.10. The lowest BCUT2D eigenvalue weighted by molar-refractivity contribution is 0.0950. The lowest BCUT2D eigenvalue weighted by Crippen LogP contribution is -2.24. The average molecular weight is 343 g/mol. The minimum atomic E-state index is -0.290. The third-order valence-electron chi connectivity index (χ3n) is 4.05. The molecule has 3 aromatic rings. The molecule has 2 heterocycles. The van der Waals surface area contributed by atoms with Gasteiger partial charge in [-0.1, -0.05) is 12.1 Å². The van der Waals surface area contributed by atoms with Crippen molar-refractivity contribution in [2.45, 2.75) is 25.8 Å². The van der Waals surface area contributed by atoms with Crippen LogP contribution in [-0.4, -0.2) is 26.1 Å². The summed E-state index contributed by atoms with van der Waals surface area (Å²) in [7, 11) is 0. The number of amides is 1. The Kier molecular flexibility index (Phi) is 3.81. The monoisotopic (exact) mass is 343 g/mol. The summed E-state index contributed by atoms with van der Waals surface area (Å²) in [5.41, 5.74) is 2.60. The topological polar surface area (TPSA) is 72.7 Å². The third-order valence-corrected chi connectivity index (χ3v) is 5.33. The highest BCUT2D eigenvalue weighted by atomic mass is 32.1. The number of halogens is 1. The van der Waals surface area contributed by atoms with Crippen molar-refractivity contribution in [1.29, 1.82) is 0 Å². The van der Waals surface area contributed by atoms with Crippen LogP contribution in [0.4, 0.5) is 4.39 Å². The Morgan fingerprint density at radius 3 is 2.88 bits per heavy atom. The molecule has 1 aliphatic carbocycles. The fourth-order valence-corrected chi connectivity index (χ4v) is 4.21. The first kappa shape index (κ1) is 14.9. The average Bonchev–Trinajstić information content (AvgIpc) is 3.29. The molecule has 1 N–H and O–H groups in total. The van der Waals surface area contributed by atoms with Crippen LogP contribution in [0.15, 0.2) is 30.6 Å². The van der Waals surface area contributed by atoms with E-state index in [4.69, 9.17) is 0 Å². The van der Waals surface area contributed by atoms with Crippen LogP contribution in [0.25, 0.3) is 5.00 Å². The number of thiophene rings is 1. The first-order valence-electron chi connectivity index (χ1n) is 7.63. The molecule has 4 rings (SSSR count). The third kappa shape index (κ3) is 2.69. The number of hydrogen-bond acceptors (Lipinski definition) is 5. The van der Waals surface area contributed by atoms with Gasteiger partial charge in [0.05, 0.1) is 5.56 Å². The molecule has 0 aliphatic heterocycles. The van der Waals surface area contributed by atoms with Gasteiger partial charge < -0.3 is 5.32 Å². The molecule has 0 spiro atoms. The Morgan fingerprint density at radius 2 is 2.12 bits per heavy atom. The van der Waals surface area contributed by atoms with Gasteiger partial charge in [0.2, 0.25) is 0 Å². The van der Waals surface area contributed by atoms with Crippen molar-refractivity contribution in [2.24, 2.45) is 0 Å². The number of nitrogens with zero attached hydrogens (tertiary/aromatic N) is 4. The molecule has 0 fully saturated rings. The summed E-state index contributed by atoms with van der Waals surface area (Å²) < 4.78 is 14.5. The maximum atomic E-state index is 13.0. The number of tetrazole rings is 1. The Labute approximate surface area is 141 Å². The molecule has 122 valence electrons. The standard InChI is InChI=1S/C16H14FN5OS/c17-11-6-4-10(5-7-11)8-18-15(23)14-12-2-1-3-13(12)24-16(14)22-9-19-20-21-22/h4-7,9H,1-3,8H2,(H,18,23). The number of aryl methyl sites for hydroxylation is 1. The van der Waals surface area contributed by atoms with Crippen molar-refractivity contribution in [3.05, 3.63) is 58.0 Å². The van der Waals surface area contributed by atoms with E-state index in [1.165, 1.54) is 28.0 Å². The van der Waals surface area contributed by atoms with Crippen LogP contribution in [0, 0.1) is 5.82 Å². The van der Waals surface area contributed by atoms with Gasteiger partial charge in [0, 0.05) is 11.4 Å². The SMILES string of the molecule is O=C(NCc1ccc(F)cc1)c1c(-n2cnnn2)sc2c1CCC2. The highest BCUT2D eigenvalue weighted by Crippen LogP contribution is 2.37. The van der Waals surface area contributed by atoms with E-state index in [9.17, 15) is 9.18 Å². The van der Waals surface area contributed by atoms with Crippen molar-refractivity contribution in [3.8, 4) is 5.00 Å². The lowest BCUT2D eigenvalue weighted by Gasteiger charge is -2.08. The molecule has 8 heteroatoms. The maximum absolute atomic E-state index is 13.0. The van der Waals surface area contributed by atoms with Crippen molar-refractivity contribution < 1.29 is 9.18 Å². The molecule has 1 amide bonds. The van der Waals surface area contributed by atoms with Gasteiger partial charge in [0.25, 0.3) is 5.91 Å². The smallest absolute Gasteiger partial charge is 0.254 e. The molecule has 0 unspecified atom stereocenters. The normalized spacial score (nSPS) is 13.0. The quantitative estimate of drug-likeness (QED) is 0.789. The minimum absolute atomic E-state index is 0.149. The molecule has 0 bridgehead atoms. The number of nitrogens with one attached hydrogen (secondary N) is 1. The zero-order valence-electron chi connectivity index (χ0n) is 12.7. The van der Waals surface area contributed by atoms with Crippen molar-refractivity contribution in [3.63, 3.8) is 0 Å². The van der Waals surface area contributed by atoms with E-state index in [1.54, 1.807) is 23.5 Å². The van der Waals surface area contributed by atoms with Crippen LogP contribution in [0.1, 0.15) is 32.8 Å². The molecule has 2 aromatic heterocycles. The second-order valence-corrected chi connectivity index (χ2v) is 6.68. The summed E-state index contributed by atoms with van der Waals surface area (Å²) >= 11 is 1.57. The second kappa shape index (κ2) is 6.12. The van der Waals surface area contributed by atoms with Gasteiger partial charge in [-0.2, -0.15) is 4.68 Å². The van der Waals surface area contributed by atoms with Crippen LogP contribution in [0.3, 0.4) is 0 Å². The van der Waals surface area contributed by atoms with E-state index in [-0.39, 0.29) is 11.7 Å². The van der Waals surface area contributed by atoms with Crippen molar-refractivity contribution >= 4 is 17.2 Å². The highest BCUT2D eigenvalue weighted by molar-refractivity contribution is 7.15. The van der Waals surface area contributed by atoms with Crippen LogP contribution in [0.5, 0.6) is 0 Å². The van der Waals surface area contributed by atoms with Crippen LogP contribution < -0.4 is 5.32 Å². The molecule has 0 radical (unpaired) electrons. The number of hydrogen-bond donors (Lipinski definition) is 1. The fraction of sp³-hybridized carbons (Fsp3) is 0.250. The molecule has 1 aliphatic rings. The van der Waals surface area contributed by atoms with Gasteiger partial charge in [-0.25, -0.2) is 4.39 Å². The van der Waals surface area contributed by atoms with Crippen molar-refractivity contribution in [2.75, 3.05) is 0 Å². The number of fused-ring (bicyclic) bond motifs is 1. The Balaban J connectivity index is 1.61. The number of aromatic nitrogens is 4. The summed E-state index contributed by atoms with van der Waals surface area (Å²) in [6.45, 7) is 0.346. The first-order valence-corrected chi connectivity index (χ1v) is 8.44.